The third-order valence-corrected chi connectivity index (χ3v) is 13.6. The number of carbonyl (C=O) groups excluding carboxylic acids is 2. The van der Waals surface area contributed by atoms with Crippen LogP contribution in [-0.2, 0) is 30.2 Å². The van der Waals surface area contributed by atoms with E-state index in [9.17, 15) is 32.3 Å². The minimum Gasteiger partial charge on any atom is -0.352 e. The fraction of sp³-hybridized carbons (Fsp3) is 0.231. The second-order valence-corrected chi connectivity index (χ2v) is 18.3. The Morgan fingerprint density at radius 1 is 0.726 bits per heavy atom. The summed E-state index contributed by atoms with van der Waals surface area (Å²) in [6.45, 7) is 0.437. The summed E-state index contributed by atoms with van der Waals surface area (Å²) >= 11 is 0. The molecule has 4 aromatic carbocycles. The Morgan fingerprint density at radius 3 is 1.92 bits per heavy atom. The maximum atomic E-state index is 16.1. The minimum absolute atomic E-state index is 0.282. The average molecular weight is 996 g/mol. The zero-order chi connectivity index (χ0) is 51.1. The fourth-order valence-corrected chi connectivity index (χ4v) is 10.1. The van der Waals surface area contributed by atoms with Crippen LogP contribution in [0.5, 0.6) is 0 Å². The number of fused-ring (bicyclic) bond motifs is 4. The highest BCUT2D eigenvalue weighted by molar-refractivity contribution is 5.95. The molecule has 370 valence electrons. The molecule has 0 bridgehead atoms. The van der Waals surface area contributed by atoms with Crippen molar-refractivity contribution in [1.29, 1.82) is 0 Å². The summed E-state index contributed by atoms with van der Waals surface area (Å²) in [4.78, 5) is 58.4. The second kappa shape index (κ2) is 17.6. The van der Waals surface area contributed by atoms with Crippen LogP contribution in [0.2, 0.25) is 0 Å². The molecule has 73 heavy (non-hydrogen) atoms. The highest BCUT2D eigenvalue weighted by Crippen LogP contribution is 2.50. The molecule has 6 aromatic heterocycles. The van der Waals surface area contributed by atoms with Gasteiger partial charge in [-0.25, -0.2) is 9.59 Å². The monoisotopic (exact) mass is 995 g/mol. The van der Waals surface area contributed by atoms with E-state index < -0.39 is 66.5 Å². The van der Waals surface area contributed by atoms with Crippen LogP contribution in [-0.4, -0.2) is 85.7 Å². The number of halogens is 5. The first-order valence-corrected chi connectivity index (χ1v) is 23.2. The van der Waals surface area contributed by atoms with E-state index in [2.05, 4.69) is 25.8 Å². The van der Waals surface area contributed by atoms with Crippen LogP contribution < -0.4 is 26.6 Å². The van der Waals surface area contributed by atoms with E-state index in [1.54, 1.807) is 139 Å². The van der Waals surface area contributed by atoms with Crippen LogP contribution in [0.15, 0.2) is 144 Å². The number of hydrogen-bond donors (Lipinski definition) is 2. The molecule has 6 heterocycles. The van der Waals surface area contributed by atoms with E-state index >= 15 is 8.78 Å². The van der Waals surface area contributed by atoms with Gasteiger partial charge in [-0.3, -0.25) is 37.4 Å². The quantitative estimate of drug-likeness (QED) is 0.0688. The van der Waals surface area contributed by atoms with Crippen LogP contribution in [0, 0.1) is 0 Å². The van der Waals surface area contributed by atoms with E-state index in [-0.39, 0.29) is 6.54 Å². The molecule has 0 saturated heterocycles. The third-order valence-electron chi connectivity index (χ3n) is 13.6. The topological polar surface area (TPSA) is 164 Å². The van der Waals surface area contributed by atoms with E-state index in [1.807, 2.05) is 19.2 Å². The molecule has 1 aliphatic rings. The fourth-order valence-electron chi connectivity index (χ4n) is 10.1. The number of alkyl halides is 5. The number of aryl methyl sites for hydroxylation is 2. The number of amides is 1. The molecule has 1 amide bonds. The number of benzene rings is 4. The number of para-hydroxylation sites is 4. The summed E-state index contributed by atoms with van der Waals surface area (Å²) in [5.41, 5.74) is 5.93. The molecular formula is C52H44F5N12O4+. The van der Waals surface area contributed by atoms with Crippen molar-refractivity contribution in [3.05, 3.63) is 155 Å². The maximum absolute atomic E-state index is 16.1. The first-order chi connectivity index (χ1) is 35.0. The molecule has 2 N–H and O–H groups in total. The highest BCUT2D eigenvalue weighted by Gasteiger charge is 2.76. The van der Waals surface area contributed by atoms with Gasteiger partial charge in [0, 0.05) is 49.2 Å². The van der Waals surface area contributed by atoms with Crippen molar-refractivity contribution in [3.8, 4) is 33.6 Å². The van der Waals surface area contributed by atoms with Crippen molar-refractivity contribution < 1.29 is 36.1 Å². The Hall–Kier alpha value is -8.59. The number of aldehydes is 1. The van der Waals surface area contributed by atoms with Crippen LogP contribution in [0.3, 0.4) is 0 Å². The van der Waals surface area contributed by atoms with Gasteiger partial charge in [0.25, 0.3) is 0 Å². The third kappa shape index (κ3) is 8.14. The van der Waals surface area contributed by atoms with Crippen molar-refractivity contribution in [1.82, 2.24) is 53.4 Å². The van der Waals surface area contributed by atoms with Gasteiger partial charge >= 0.3 is 23.5 Å². The number of rotatable bonds is 14. The Morgan fingerprint density at radius 2 is 1.29 bits per heavy atom. The van der Waals surface area contributed by atoms with Crippen molar-refractivity contribution in [3.63, 3.8) is 0 Å². The lowest BCUT2D eigenvalue weighted by atomic mass is 10.0. The number of nitrogens with one attached hydrogen (secondary N) is 2. The van der Waals surface area contributed by atoms with E-state index in [1.165, 1.54) is 29.8 Å². The molecule has 1 fully saturated rings. The summed E-state index contributed by atoms with van der Waals surface area (Å²) < 4.78 is 81.2. The highest BCUT2D eigenvalue weighted by atomic mass is 19.4. The molecule has 4 atom stereocenters. The van der Waals surface area contributed by atoms with Gasteiger partial charge < -0.3 is 15.4 Å². The van der Waals surface area contributed by atoms with Gasteiger partial charge in [-0.2, -0.15) is 36.7 Å². The van der Waals surface area contributed by atoms with Gasteiger partial charge in [0.15, 0.2) is 12.4 Å². The number of carbonyl (C=O) groups is 2. The Labute approximate surface area is 410 Å². The molecule has 10 aromatic rings. The Balaban J connectivity index is 0.855. The van der Waals surface area contributed by atoms with Crippen molar-refractivity contribution >= 4 is 56.1 Å². The number of hydrogen-bond acceptors (Lipinski definition) is 8. The normalized spacial score (nSPS) is 16.4. The largest absolute Gasteiger partial charge is 0.391 e. The molecule has 0 spiro atoms. The molecule has 11 rings (SSSR count). The van der Waals surface area contributed by atoms with Gasteiger partial charge in [0.05, 0.1) is 69.5 Å². The first kappa shape index (κ1) is 46.8. The number of pyridine rings is 2. The zero-order valence-corrected chi connectivity index (χ0v) is 39.2. The van der Waals surface area contributed by atoms with Crippen molar-refractivity contribution in [2.45, 2.75) is 56.2 Å². The number of imidazole rings is 2. The first-order valence-electron chi connectivity index (χ1n) is 23.2. The molecule has 1 saturated carbocycles. The Bertz CT molecular complexity index is 3920. The van der Waals surface area contributed by atoms with Gasteiger partial charge in [-0.1, -0.05) is 48.5 Å². The predicted molar refractivity (Wildman–Crippen MR) is 262 cm³/mol. The smallest absolute Gasteiger partial charge is 0.352 e. The minimum atomic E-state index is -4.48. The summed E-state index contributed by atoms with van der Waals surface area (Å²) in [6, 6.07) is 22.7. The zero-order valence-electron chi connectivity index (χ0n) is 39.2. The molecule has 0 aliphatic heterocycles. The molecule has 16 nitrogen and oxygen atoms in total. The van der Waals surface area contributed by atoms with Crippen LogP contribution in [0.4, 0.5) is 22.0 Å². The summed E-state index contributed by atoms with van der Waals surface area (Å²) in [5, 5.41) is 15.6. The van der Waals surface area contributed by atoms with Gasteiger partial charge in [-0.15, -0.1) is 0 Å². The van der Waals surface area contributed by atoms with E-state index in [0.29, 0.717) is 61.8 Å². The predicted octanol–water partition coefficient (Wildman–Crippen LogP) is 6.73. The molecular weight excluding hydrogens is 952 g/mol. The summed E-state index contributed by atoms with van der Waals surface area (Å²) in [5.74, 6) is -4.03. The van der Waals surface area contributed by atoms with E-state index in [0.717, 1.165) is 22.0 Å². The Kier molecular flexibility index (Phi) is 11.3. The van der Waals surface area contributed by atoms with Crippen LogP contribution >= 0.6 is 0 Å². The van der Waals surface area contributed by atoms with Crippen molar-refractivity contribution in [2.24, 2.45) is 14.1 Å². The second-order valence-electron chi connectivity index (χ2n) is 18.3. The lowest BCUT2D eigenvalue weighted by Gasteiger charge is -2.16. The van der Waals surface area contributed by atoms with Gasteiger partial charge in [0.1, 0.15) is 30.4 Å². The van der Waals surface area contributed by atoms with Gasteiger partial charge in [-0.05, 0) is 66.6 Å². The molecule has 21 heteroatoms. The summed E-state index contributed by atoms with van der Waals surface area (Å²) in [7, 11) is 3.53. The maximum Gasteiger partial charge on any atom is 0.391 e. The number of nitrogens with zero attached hydrogens (tertiary/aromatic N) is 10. The lowest BCUT2D eigenvalue weighted by molar-refractivity contribution is -0.707. The SMILES string of the molecule is CC(CC(F)(F)F)NC(=O)Cn1c(=O)n(-c2ccc(-c3c[n+](C4C(NCC(C=O)n5c(=O)n(-c6ccc(-c7cncc8c7cnn8C)cc6)c6ccccc65)C4(F)F)cc4c3cnn4C)cc2)c2ccccc21. The van der Waals surface area contributed by atoms with Crippen LogP contribution in [0.25, 0.3) is 77.5 Å². The average Bonchev–Trinajstić information content (AvgIpc) is 3.83. The molecule has 0 radical (unpaired) electrons. The summed E-state index contributed by atoms with van der Waals surface area (Å²) in [6.07, 6.45) is 4.94. The van der Waals surface area contributed by atoms with Crippen molar-refractivity contribution in [2.75, 3.05) is 6.54 Å². The number of aromatic nitrogens is 10. The molecule has 1 aliphatic carbocycles. The van der Waals surface area contributed by atoms with Crippen LogP contribution in [0.1, 0.15) is 25.4 Å². The van der Waals surface area contributed by atoms with E-state index in [4.69, 9.17) is 0 Å². The standard InChI is InChI=1S/C52H43F5N12O4/c1-30(20-51(53,54)55)62-46(71)28-66-40-8-4-5-9-41(40)67(49(66)72)33-18-14-32(15-19-33)39-26-65(27-45-38(39)24-61-64(45)3)48-47(52(48,56)57)59-21-35(29-70)69-43-11-7-6-10-42(43)68(50(69)73)34-16-12-31(13-17-34)36-22-58-25-44-37(36)23-60-63(44)2/h4-19,22-27,29-30,35,47-48,59H,20-21,28H2,1-3H3/p+1. The lowest BCUT2D eigenvalue weighted by Crippen LogP contribution is -2.39. The van der Waals surface area contributed by atoms with Gasteiger partial charge in [0.2, 0.25) is 11.9 Å². The molecule has 4 unspecified atom stereocenters.